The summed E-state index contributed by atoms with van der Waals surface area (Å²) in [6, 6.07) is 17.9. The second-order valence-electron chi connectivity index (χ2n) is 14.6. The quantitative estimate of drug-likeness (QED) is 0.276. The van der Waals surface area contributed by atoms with Crippen molar-refractivity contribution in [3.05, 3.63) is 82.4 Å². The highest BCUT2D eigenvalue weighted by atomic mass is 16.3. The molecule has 1 unspecified atom stereocenters. The molecular formula is C38H57NO3. The molecule has 42 heavy (non-hydrogen) atoms. The molecule has 4 nitrogen and oxygen atoms in total. The van der Waals surface area contributed by atoms with Gasteiger partial charge in [-0.25, -0.2) is 0 Å². The van der Waals surface area contributed by atoms with Crippen LogP contribution in [-0.4, -0.2) is 28.4 Å². The number of aliphatic hydroxyl groups is 1. The zero-order valence-electron chi connectivity index (χ0n) is 28.7. The number of carbonyl (C=O) groups excluding carboxylic acids is 2. The molecule has 2 N–H and O–H groups in total. The van der Waals surface area contributed by atoms with E-state index in [-0.39, 0.29) is 22.6 Å². The third kappa shape index (κ3) is 12.5. The first kappa shape index (κ1) is 37.0. The number of aliphatic hydroxyl groups excluding tert-OH is 1. The van der Waals surface area contributed by atoms with Crippen LogP contribution < -0.4 is 5.32 Å². The number of Topliss-reactive ketones (excluding diaryl/α,β-unsaturated/α-hetero) is 1. The van der Waals surface area contributed by atoms with Gasteiger partial charge in [0, 0.05) is 11.1 Å². The summed E-state index contributed by atoms with van der Waals surface area (Å²) in [7, 11) is 0. The van der Waals surface area contributed by atoms with Crippen molar-refractivity contribution in [1.82, 2.24) is 5.32 Å². The molecule has 0 spiro atoms. The number of ketones is 1. The third-order valence-electron chi connectivity index (χ3n) is 6.29. The lowest BCUT2D eigenvalue weighted by molar-refractivity contribution is 0.0918. The first-order valence-electron chi connectivity index (χ1n) is 15.4. The van der Waals surface area contributed by atoms with Crippen LogP contribution in [0.2, 0.25) is 0 Å². The monoisotopic (exact) mass is 575 g/mol. The van der Waals surface area contributed by atoms with E-state index in [4.69, 9.17) is 0 Å². The molecule has 0 aliphatic heterocycles. The molecule has 0 fully saturated rings. The Bertz CT molecular complexity index is 1310. The lowest BCUT2D eigenvalue weighted by Crippen LogP contribution is -2.41. The van der Waals surface area contributed by atoms with Gasteiger partial charge in [-0.05, 0) is 91.3 Å². The van der Waals surface area contributed by atoms with Gasteiger partial charge in [-0.1, -0.05) is 111 Å². The van der Waals surface area contributed by atoms with Crippen molar-refractivity contribution in [2.45, 2.75) is 126 Å². The number of nitrogens with one attached hydrogen (secondary N) is 1. The lowest BCUT2D eigenvalue weighted by atomic mass is 9.84. The van der Waals surface area contributed by atoms with Gasteiger partial charge in [-0.2, -0.15) is 0 Å². The van der Waals surface area contributed by atoms with E-state index in [0.29, 0.717) is 30.2 Å². The summed E-state index contributed by atoms with van der Waals surface area (Å²) in [5.41, 5.74) is 4.34. The van der Waals surface area contributed by atoms with E-state index in [2.05, 4.69) is 59.8 Å². The van der Waals surface area contributed by atoms with E-state index >= 15 is 0 Å². The zero-order chi connectivity index (χ0) is 32.5. The van der Waals surface area contributed by atoms with E-state index in [1.165, 1.54) is 0 Å². The Morgan fingerprint density at radius 3 is 1.88 bits per heavy atom. The molecule has 232 valence electrons. The van der Waals surface area contributed by atoms with Gasteiger partial charge in [0.25, 0.3) is 5.91 Å². The number of hydrogen-bond donors (Lipinski definition) is 2. The molecule has 0 saturated carbocycles. The Morgan fingerprint density at radius 2 is 1.36 bits per heavy atom. The van der Waals surface area contributed by atoms with Crippen molar-refractivity contribution in [2.75, 3.05) is 0 Å². The van der Waals surface area contributed by atoms with E-state index in [1.807, 2.05) is 83.1 Å². The van der Waals surface area contributed by atoms with Crippen LogP contribution in [0.3, 0.4) is 0 Å². The molecule has 4 heteroatoms. The molecule has 0 bridgehead atoms. The molecule has 3 aromatic rings. The van der Waals surface area contributed by atoms with Crippen LogP contribution in [-0.2, 0) is 18.3 Å². The number of benzene rings is 3. The standard InChI is InChI=1S/C31H39NO3.C5H12.C2H6/c1-20(33)27-19-24(30(2,3)4)16-14-22(27)15-17-25(34)18-23-13-12-21-10-8-9-11-26(21)28(23)29(35)32-31(5,6)7;1-5(2,3)4;1-2/h8-14,16,19,25,34H,15,17-18H2,1-7H3,(H,32,35);1-4H3;1-2H3. The summed E-state index contributed by atoms with van der Waals surface area (Å²) in [4.78, 5) is 25.6. The maximum Gasteiger partial charge on any atom is 0.252 e. The molecule has 3 aromatic carbocycles. The van der Waals surface area contributed by atoms with Crippen molar-refractivity contribution < 1.29 is 14.7 Å². The first-order valence-corrected chi connectivity index (χ1v) is 15.4. The second kappa shape index (κ2) is 15.5. The molecule has 0 aliphatic carbocycles. The van der Waals surface area contributed by atoms with E-state index in [0.717, 1.165) is 33.0 Å². The normalized spacial score (nSPS) is 12.4. The fourth-order valence-corrected chi connectivity index (χ4v) is 4.42. The number of hydrogen-bond acceptors (Lipinski definition) is 3. The van der Waals surface area contributed by atoms with Crippen molar-refractivity contribution >= 4 is 22.5 Å². The van der Waals surface area contributed by atoms with Crippen LogP contribution in [0.1, 0.15) is 134 Å². The van der Waals surface area contributed by atoms with Crippen molar-refractivity contribution in [3.63, 3.8) is 0 Å². The van der Waals surface area contributed by atoms with Gasteiger partial charge in [0.05, 0.1) is 11.7 Å². The molecule has 3 rings (SSSR count). The van der Waals surface area contributed by atoms with E-state index in [9.17, 15) is 14.7 Å². The third-order valence-corrected chi connectivity index (χ3v) is 6.29. The summed E-state index contributed by atoms with van der Waals surface area (Å²) >= 11 is 0. The van der Waals surface area contributed by atoms with Gasteiger partial charge < -0.3 is 10.4 Å². The molecule has 1 amide bonds. The highest BCUT2D eigenvalue weighted by molar-refractivity contribution is 6.08. The van der Waals surface area contributed by atoms with Crippen molar-refractivity contribution in [3.8, 4) is 0 Å². The molecule has 0 aromatic heterocycles. The van der Waals surface area contributed by atoms with Crippen molar-refractivity contribution in [2.24, 2.45) is 5.41 Å². The number of rotatable bonds is 7. The minimum Gasteiger partial charge on any atom is -0.393 e. The maximum atomic E-state index is 13.3. The molecule has 0 aliphatic rings. The summed E-state index contributed by atoms with van der Waals surface area (Å²) in [6.45, 7) is 26.6. The van der Waals surface area contributed by atoms with Crippen LogP contribution in [0.25, 0.3) is 10.8 Å². The Balaban J connectivity index is 0.00000114. The SMILES string of the molecule is CC.CC(=O)c1cc(C(C)(C)C)ccc1CCC(O)Cc1ccc2ccccc2c1C(=O)NC(C)(C)C.CC(C)(C)C. The summed E-state index contributed by atoms with van der Waals surface area (Å²) in [6.07, 6.45) is 0.826. The van der Waals surface area contributed by atoms with Gasteiger partial charge in [-0.15, -0.1) is 0 Å². The molecule has 0 heterocycles. The fraction of sp³-hybridized carbons (Fsp3) is 0.526. The highest BCUT2D eigenvalue weighted by Crippen LogP contribution is 2.27. The average Bonchev–Trinajstić information content (AvgIpc) is 2.85. The van der Waals surface area contributed by atoms with Gasteiger partial charge in [0.15, 0.2) is 5.78 Å². The Labute approximate surface area is 256 Å². The van der Waals surface area contributed by atoms with Gasteiger partial charge in [0.2, 0.25) is 0 Å². The lowest BCUT2D eigenvalue weighted by Gasteiger charge is -2.23. The Hall–Kier alpha value is -2.98. The number of carbonyl (C=O) groups is 2. The highest BCUT2D eigenvalue weighted by Gasteiger charge is 2.22. The Morgan fingerprint density at radius 1 is 0.810 bits per heavy atom. The largest absolute Gasteiger partial charge is 0.393 e. The minimum absolute atomic E-state index is 0.0382. The summed E-state index contributed by atoms with van der Waals surface area (Å²) in [5.74, 6) is -0.0932. The van der Waals surface area contributed by atoms with Crippen LogP contribution in [0.4, 0.5) is 0 Å². The molecule has 1 atom stereocenters. The minimum atomic E-state index is -0.639. The Kier molecular flexibility index (Phi) is 13.7. The van der Waals surface area contributed by atoms with Gasteiger partial charge in [0.1, 0.15) is 0 Å². The number of aryl methyl sites for hydroxylation is 1. The summed E-state index contributed by atoms with van der Waals surface area (Å²) in [5, 5.41) is 15.9. The van der Waals surface area contributed by atoms with E-state index < -0.39 is 6.10 Å². The van der Waals surface area contributed by atoms with Crippen LogP contribution >= 0.6 is 0 Å². The van der Waals surface area contributed by atoms with E-state index in [1.54, 1.807) is 6.92 Å². The first-order chi connectivity index (χ1) is 19.3. The second-order valence-corrected chi connectivity index (χ2v) is 14.6. The fourth-order valence-electron chi connectivity index (χ4n) is 4.42. The van der Waals surface area contributed by atoms with Crippen LogP contribution in [0.5, 0.6) is 0 Å². The number of fused-ring (bicyclic) bond motifs is 1. The molecular weight excluding hydrogens is 518 g/mol. The maximum absolute atomic E-state index is 13.3. The topological polar surface area (TPSA) is 66.4 Å². The smallest absolute Gasteiger partial charge is 0.252 e. The van der Waals surface area contributed by atoms with Gasteiger partial charge >= 0.3 is 0 Å². The average molecular weight is 576 g/mol. The van der Waals surface area contributed by atoms with Crippen LogP contribution in [0.15, 0.2) is 54.6 Å². The molecule has 0 radical (unpaired) electrons. The predicted molar refractivity (Wildman–Crippen MR) is 181 cm³/mol. The van der Waals surface area contributed by atoms with Gasteiger partial charge in [-0.3, -0.25) is 9.59 Å². The zero-order valence-corrected chi connectivity index (χ0v) is 28.7. The molecule has 0 saturated heterocycles. The number of amides is 1. The van der Waals surface area contributed by atoms with Crippen LogP contribution in [0, 0.1) is 5.41 Å². The summed E-state index contributed by atoms with van der Waals surface area (Å²) < 4.78 is 0. The van der Waals surface area contributed by atoms with Crippen molar-refractivity contribution in [1.29, 1.82) is 0 Å². The predicted octanol–water partition coefficient (Wildman–Crippen LogP) is 9.48.